The van der Waals surface area contributed by atoms with Crippen molar-refractivity contribution in [2.45, 2.75) is 0 Å². The molecule has 1 aromatic rings. The molecule has 0 aliphatic carbocycles. The van der Waals surface area contributed by atoms with Crippen molar-refractivity contribution in [3.8, 4) is 5.75 Å². The second-order valence-corrected chi connectivity index (χ2v) is 8.15. The van der Waals surface area contributed by atoms with Crippen molar-refractivity contribution in [2.24, 2.45) is 0 Å². The normalized spacial score (nSPS) is 18.2. The molecular formula is C8H6Cl2OSi. The van der Waals surface area contributed by atoms with Crippen molar-refractivity contribution in [3.05, 3.63) is 35.5 Å². The van der Waals surface area contributed by atoms with Crippen molar-refractivity contribution < 1.29 is 4.43 Å². The Kier molecular flexibility index (Phi) is 1.91. The highest BCUT2D eigenvalue weighted by Crippen LogP contribution is 2.32. The van der Waals surface area contributed by atoms with Crippen molar-refractivity contribution in [1.82, 2.24) is 0 Å². The number of fused-ring (bicyclic) bond motifs is 1. The molecule has 0 bridgehead atoms. The molecule has 12 heavy (non-hydrogen) atoms. The maximum Gasteiger partial charge on any atom is 0.476 e. The molecule has 0 aromatic heterocycles. The first-order valence-corrected chi connectivity index (χ1v) is 7.53. The lowest BCUT2D eigenvalue weighted by Gasteiger charge is -2.20. The third-order valence-corrected chi connectivity index (χ3v) is 3.89. The van der Waals surface area contributed by atoms with Crippen molar-refractivity contribution in [3.63, 3.8) is 0 Å². The summed E-state index contributed by atoms with van der Waals surface area (Å²) in [4.78, 5) is 0. The molecule has 0 N–H and O–H groups in total. The summed E-state index contributed by atoms with van der Waals surface area (Å²) < 4.78 is 5.40. The molecule has 0 saturated heterocycles. The van der Waals surface area contributed by atoms with Crippen LogP contribution in [0.5, 0.6) is 5.75 Å². The largest absolute Gasteiger partial charge is 0.515 e. The van der Waals surface area contributed by atoms with Gasteiger partial charge in [-0.1, -0.05) is 46.4 Å². The van der Waals surface area contributed by atoms with Crippen LogP contribution >= 0.6 is 22.2 Å². The molecule has 1 aliphatic heterocycles. The second kappa shape index (κ2) is 2.80. The van der Waals surface area contributed by atoms with E-state index in [1.165, 1.54) is 0 Å². The molecule has 1 nitrogen and oxygen atoms in total. The quantitative estimate of drug-likeness (QED) is 0.479. The molecule has 0 atom stereocenters. The molecular weight excluding hydrogens is 211 g/mol. The summed E-state index contributed by atoms with van der Waals surface area (Å²) in [5, 5.41) is 0. The molecule has 0 radical (unpaired) electrons. The first-order valence-electron chi connectivity index (χ1n) is 3.52. The summed E-state index contributed by atoms with van der Waals surface area (Å²) in [5.74, 6) is 0.775. The number of halogens is 2. The molecule has 0 saturated carbocycles. The fourth-order valence-corrected chi connectivity index (χ4v) is 2.88. The Bertz CT molecular complexity index is 336. The van der Waals surface area contributed by atoms with Gasteiger partial charge in [0.15, 0.2) is 0 Å². The van der Waals surface area contributed by atoms with Gasteiger partial charge in [-0.25, -0.2) is 0 Å². The summed E-state index contributed by atoms with van der Waals surface area (Å²) in [5.41, 5.74) is 2.78. The molecule has 0 spiro atoms. The Balaban J connectivity index is 2.46. The fraction of sp³-hybridized carbons (Fsp3) is 0. The fourth-order valence-electron chi connectivity index (χ4n) is 1.08. The zero-order chi connectivity index (χ0) is 8.60. The zero-order valence-corrected chi connectivity index (χ0v) is 8.64. The van der Waals surface area contributed by atoms with Crippen LogP contribution in [0.25, 0.3) is 6.08 Å². The number of para-hydroxylation sites is 1. The summed E-state index contributed by atoms with van der Waals surface area (Å²) in [7, 11) is 0. The van der Waals surface area contributed by atoms with Gasteiger partial charge < -0.3 is 4.43 Å². The maximum absolute atomic E-state index is 5.90. The molecule has 0 fully saturated rings. The lowest BCUT2D eigenvalue weighted by Crippen LogP contribution is -2.28. The van der Waals surface area contributed by atoms with E-state index in [1.807, 2.05) is 30.3 Å². The summed E-state index contributed by atoms with van der Waals surface area (Å²) in [6, 6.07) is 7.67. The molecule has 2 rings (SSSR count). The minimum Gasteiger partial charge on any atom is -0.515 e. The van der Waals surface area contributed by atoms with Crippen LogP contribution in [0.15, 0.2) is 30.0 Å². The van der Waals surface area contributed by atoms with Gasteiger partial charge >= 0.3 is 6.94 Å². The number of rotatable bonds is 0. The van der Waals surface area contributed by atoms with Crippen LogP contribution in [-0.4, -0.2) is 6.94 Å². The topological polar surface area (TPSA) is 9.23 Å². The van der Waals surface area contributed by atoms with E-state index < -0.39 is 6.94 Å². The third kappa shape index (κ3) is 1.51. The van der Waals surface area contributed by atoms with E-state index in [1.54, 1.807) is 5.70 Å². The van der Waals surface area contributed by atoms with E-state index in [-0.39, 0.29) is 0 Å². The molecule has 0 amide bonds. The van der Waals surface area contributed by atoms with Gasteiger partial charge in [0.05, 0.1) is 0 Å². The summed E-state index contributed by atoms with van der Waals surface area (Å²) in [6.07, 6.45) is 1.91. The van der Waals surface area contributed by atoms with E-state index in [2.05, 4.69) is 0 Å². The van der Waals surface area contributed by atoms with Gasteiger partial charge in [0.2, 0.25) is 0 Å². The molecule has 62 valence electrons. The van der Waals surface area contributed by atoms with Crippen molar-refractivity contribution >= 4 is 35.2 Å². The Morgan fingerprint density at radius 1 is 1.17 bits per heavy atom. The predicted molar refractivity (Wildman–Crippen MR) is 53.6 cm³/mol. The van der Waals surface area contributed by atoms with Crippen LogP contribution in [0, 0.1) is 0 Å². The molecule has 0 unspecified atom stereocenters. The lowest BCUT2D eigenvalue weighted by molar-refractivity contribution is 0.585. The SMILES string of the molecule is Cl[Si]1(Cl)C=Cc2ccccc2O1. The predicted octanol–water partition coefficient (Wildman–Crippen LogP) is 3.05. The minimum absolute atomic E-state index is 0.775. The van der Waals surface area contributed by atoms with E-state index in [4.69, 9.17) is 26.6 Å². The Hall–Kier alpha value is -0.443. The van der Waals surface area contributed by atoms with Gasteiger partial charge in [-0.3, -0.25) is 0 Å². The molecule has 1 aromatic carbocycles. The smallest absolute Gasteiger partial charge is 0.476 e. The number of hydrogen-bond acceptors (Lipinski definition) is 1. The van der Waals surface area contributed by atoms with E-state index in [0.717, 1.165) is 11.3 Å². The highest BCUT2D eigenvalue weighted by atomic mass is 35.7. The average molecular weight is 217 g/mol. The zero-order valence-electron chi connectivity index (χ0n) is 6.13. The van der Waals surface area contributed by atoms with Crippen molar-refractivity contribution in [2.75, 3.05) is 0 Å². The van der Waals surface area contributed by atoms with Gasteiger partial charge in [0.25, 0.3) is 0 Å². The van der Waals surface area contributed by atoms with Crippen LogP contribution in [0.1, 0.15) is 5.56 Å². The molecule has 1 heterocycles. The van der Waals surface area contributed by atoms with Crippen LogP contribution in [0.4, 0.5) is 0 Å². The van der Waals surface area contributed by atoms with E-state index in [9.17, 15) is 0 Å². The highest BCUT2D eigenvalue weighted by molar-refractivity contribution is 7.45. The summed E-state index contributed by atoms with van der Waals surface area (Å²) in [6.45, 7) is -2.58. The monoisotopic (exact) mass is 216 g/mol. The van der Waals surface area contributed by atoms with Gasteiger partial charge in [-0.2, -0.15) is 0 Å². The standard InChI is InChI=1S/C8H6Cl2OSi/c9-12(10)6-5-7-3-1-2-4-8(7)11-12/h1-6H. The van der Waals surface area contributed by atoms with E-state index >= 15 is 0 Å². The van der Waals surface area contributed by atoms with Crippen LogP contribution in [-0.2, 0) is 0 Å². The van der Waals surface area contributed by atoms with Crippen LogP contribution < -0.4 is 4.43 Å². The molecule has 1 aliphatic rings. The highest BCUT2D eigenvalue weighted by Gasteiger charge is 2.32. The Labute approximate surface area is 81.1 Å². The second-order valence-electron chi connectivity index (χ2n) is 2.54. The average Bonchev–Trinajstić information content (AvgIpc) is 2.02. The Morgan fingerprint density at radius 3 is 2.75 bits per heavy atom. The number of benzene rings is 1. The van der Waals surface area contributed by atoms with Gasteiger partial charge in [0.1, 0.15) is 5.75 Å². The van der Waals surface area contributed by atoms with Gasteiger partial charge in [-0.05, 0) is 11.8 Å². The first-order chi connectivity index (χ1) is 5.67. The van der Waals surface area contributed by atoms with Gasteiger partial charge in [-0.15, -0.1) is 0 Å². The summed E-state index contributed by atoms with van der Waals surface area (Å²) >= 11 is 11.8. The third-order valence-electron chi connectivity index (χ3n) is 1.62. The number of hydrogen-bond donors (Lipinski definition) is 0. The Morgan fingerprint density at radius 2 is 1.92 bits per heavy atom. The minimum atomic E-state index is -2.58. The van der Waals surface area contributed by atoms with Gasteiger partial charge in [0, 0.05) is 5.56 Å². The first kappa shape index (κ1) is 8.17. The van der Waals surface area contributed by atoms with Crippen molar-refractivity contribution in [1.29, 1.82) is 0 Å². The van der Waals surface area contributed by atoms with E-state index in [0.29, 0.717) is 0 Å². The van der Waals surface area contributed by atoms with Crippen LogP contribution in [0.2, 0.25) is 0 Å². The maximum atomic E-state index is 5.90. The lowest BCUT2D eigenvalue weighted by atomic mass is 10.2. The van der Waals surface area contributed by atoms with Crippen LogP contribution in [0.3, 0.4) is 0 Å². The molecule has 4 heteroatoms.